The first kappa shape index (κ1) is 12.5. The lowest BCUT2D eigenvalue weighted by Crippen LogP contribution is -1.89. The normalized spacial score (nSPS) is 10.4. The molecule has 1 N–H and O–H groups in total. The molecule has 0 bridgehead atoms. The molecule has 94 valence electrons. The minimum absolute atomic E-state index is 0.177. The van der Waals surface area contributed by atoms with Crippen molar-refractivity contribution in [1.82, 2.24) is 0 Å². The largest absolute Gasteiger partial charge is 0.504 e. The zero-order valence-corrected chi connectivity index (χ0v) is 11.2. The van der Waals surface area contributed by atoms with Crippen molar-refractivity contribution in [1.29, 1.82) is 0 Å². The fourth-order valence-electron chi connectivity index (χ4n) is 1.76. The van der Waals surface area contributed by atoms with Gasteiger partial charge in [-0.2, -0.15) is 0 Å². The third kappa shape index (κ3) is 2.48. The molecule has 0 aromatic heterocycles. The molecule has 0 aliphatic carbocycles. The van der Waals surface area contributed by atoms with Crippen LogP contribution >= 0.6 is 0 Å². The fraction of sp³-hybridized carbons (Fsp3) is 0.250. The summed E-state index contributed by atoms with van der Waals surface area (Å²) < 4.78 is 5.73. The van der Waals surface area contributed by atoms with Crippen LogP contribution in [-0.2, 0) is 0 Å². The van der Waals surface area contributed by atoms with Gasteiger partial charge in [-0.15, -0.1) is 0 Å². The van der Waals surface area contributed by atoms with Gasteiger partial charge in [0.05, 0.1) is 0 Å². The van der Waals surface area contributed by atoms with E-state index in [0.717, 1.165) is 16.9 Å². The van der Waals surface area contributed by atoms with E-state index in [1.165, 1.54) is 11.1 Å². The Morgan fingerprint density at radius 2 is 1.39 bits per heavy atom. The second-order valence-corrected chi connectivity index (χ2v) is 4.75. The SMILES string of the molecule is Cc1ccc(Oc2cc(C)c(C)cc2O)cc1C. The van der Waals surface area contributed by atoms with Gasteiger partial charge in [0.15, 0.2) is 11.5 Å². The van der Waals surface area contributed by atoms with Crippen molar-refractivity contribution in [3.63, 3.8) is 0 Å². The highest BCUT2D eigenvalue weighted by atomic mass is 16.5. The van der Waals surface area contributed by atoms with E-state index >= 15 is 0 Å². The van der Waals surface area contributed by atoms with Crippen molar-refractivity contribution in [3.8, 4) is 17.2 Å². The molecule has 0 amide bonds. The van der Waals surface area contributed by atoms with Crippen molar-refractivity contribution in [3.05, 3.63) is 52.6 Å². The van der Waals surface area contributed by atoms with E-state index < -0.39 is 0 Å². The Balaban J connectivity index is 2.34. The van der Waals surface area contributed by atoms with Crippen LogP contribution in [0.2, 0.25) is 0 Å². The Kier molecular flexibility index (Phi) is 3.28. The predicted molar refractivity (Wildman–Crippen MR) is 73.6 cm³/mol. The molecular formula is C16H18O2. The highest BCUT2D eigenvalue weighted by Gasteiger charge is 2.07. The van der Waals surface area contributed by atoms with Crippen LogP contribution in [0.25, 0.3) is 0 Å². The number of benzene rings is 2. The predicted octanol–water partition coefficient (Wildman–Crippen LogP) is 4.42. The zero-order valence-electron chi connectivity index (χ0n) is 11.2. The van der Waals surface area contributed by atoms with E-state index in [4.69, 9.17) is 4.74 Å². The molecule has 0 atom stereocenters. The van der Waals surface area contributed by atoms with Crippen LogP contribution in [0.3, 0.4) is 0 Å². The van der Waals surface area contributed by atoms with Gasteiger partial charge in [-0.05, 0) is 74.2 Å². The van der Waals surface area contributed by atoms with E-state index in [1.807, 2.05) is 45.0 Å². The molecule has 0 heterocycles. The smallest absolute Gasteiger partial charge is 0.169 e. The maximum Gasteiger partial charge on any atom is 0.169 e. The lowest BCUT2D eigenvalue weighted by atomic mass is 10.1. The first-order valence-electron chi connectivity index (χ1n) is 6.02. The van der Waals surface area contributed by atoms with Crippen molar-refractivity contribution < 1.29 is 9.84 Å². The number of aryl methyl sites for hydroxylation is 4. The van der Waals surface area contributed by atoms with Crippen molar-refractivity contribution in [2.75, 3.05) is 0 Å². The maximum absolute atomic E-state index is 9.88. The third-order valence-corrected chi connectivity index (χ3v) is 3.28. The average molecular weight is 242 g/mol. The van der Waals surface area contributed by atoms with E-state index in [2.05, 4.69) is 6.92 Å². The second-order valence-electron chi connectivity index (χ2n) is 4.75. The summed E-state index contributed by atoms with van der Waals surface area (Å²) >= 11 is 0. The average Bonchev–Trinajstić information content (AvgIpc) is 2.31. The number of hydrogen-bond acceptors (Lipinski definition) is 2. The van der Waals surface area contributed by atoms with Crippen molar-refractivity contribution in [2.24, 2.45) is 0 Å². The number of phenolic OH excluding ortho intramolecular Hbond substituents is 1. The Bertz CT molecular complexity index is 586. The lowest BCUT2D eigenvalue weighted by molar-refractivity contribution is 0.410. The van der Waals surface area contributed by atoms with Crippen LogP contribution < -0.4 is 4.74 Å². The van der Waals surface area contributed by atoms with Crippen LogP contribution in [0.5, 0.6) is 17.2 Å². The molecule has 18 heavy (non-hydrogen) atoms. The number of ether oxygens (including phenoxy) is 1. The van der Waals surface area contributed by atoms with Crippen LogP contribution in [0, 0.1) is 27.7 Å². The van der Waals surface area contributed by atoms with E-state index in [0.29, 0.717) is 5.75 Å². The molecule has 2 rings (SSSR count). The number of phenols is 1. The van der Waals surface area contributed by atoms with Crippen molar-refractivity contribution in [2.45, 2.75) is 27.7 Å². The molecule has 2 nitrogen and oxygen atoms in total. The fourth-order valence-corrected chi connectivity index (χ4v) is 1.76. The standard InChI is InChI=1S/C16H18O2/c1-10-5-6-14(7-11(10)2)18-16-9-13(4)12(3)8-15(16)17/h5-9,17H,1-4H3. The number of aromatic hydroxyl groups is 1. The monoisotopic (exact) mass is 242 g/mol. The Morgan fingerprint density at radius 1 is 0.778 bits per heavy atom. The molecule has 0 unspecified atom stereocenters. The molecule has 2 aromatic carbocycles. The highest BCUT2D eigenvalue weighted by molar-refractivity contribution is 5.48. The van der Waals surface area contributed by atoms with Crippen LogP contribution in [-0.4, -0.2) is 5.11 Å². The minimum Gasteiger partial charge on any atom is -0.504 e. The summed E-state index contributed by atoms with van der Waals surface area (Å²) in [5, 5.41) is 9.88. The summed E-state index contributed by atoms with van der Waals surface area (Å²) in [6, 6.07) is 9.50. The van der Waals surface area contributed by atoms with Gasteiger partial charge < -0.3 is 9.84 Å². The van der Waals surface area contributed by atoms with Gasteiger partial charge in [0.1, 0.15) is 5.75 Å². The minimum atomic E-state index is 0.177. The van der Waals surface area contributed by atoms with Crippen LogP contribution in [0.1, 0.15) is 22.3 Å². The zero-order chi connectivity index (χ0) is 13.3. The Hall–Kier alpha value is -1.96. The first-order valence-corrected chi connectivity index (χ1v) is 6.02. The Labute approximate surface area is 108 Å². The van der Waals surface area contributed by atoms with Gasteiger partial charge in [-0.3, -0.25) is 0 Å². The molecule has 0 spiro atoms. The summed E-state index contributed by atoms with van der Waals surface area (Å²) in [5.41, 5.74) is 4.56. The molecule has 2 aromatic rings. The van der Waals surface area contributed by atoms with Crippen LogP contribution in [0.15, 0.2) is 30.3 Å². The van der Waals surface area contributed by atoms with Gasteiger partial charge in [0.2, 0.25) is 0 Å². The first-order chi connectivity index (χ1) is 8.47. The summed E-state index contributed by atoms with van der Waals surface area (Å²) in [7, 11) is 0. The van der Waals surface area contributed by atoms with Gasteiger partial charge in [0.25, 0.3) is 0 Å². The number of rotatable bonds is 2. The van der Waals surface area contributed by atoms with E-state index in [9.17, 15) is 5.11 Å². The van der Waals surface area contributed by atoms with E-state index in [1.54, 1.807) is 6.07 Å². The summed E-state index contributed by atoms with van der Waals surface area (Å²) in [6.45, 7) is 8.08. The van der Waals surface area contributed by atoms with Crippen LogP contribution in [0.4, 0.5) is 0 Å². The van der Waals surface area contributed by atoms with Gasteiger partial charge >= 0.3 is 0 Å². The molecule has 0 aliphatic rings. The van der Waals surface area contributed by atoms with Gasteiger partial charge in [0, 0.05) is 0 Å². The third-order valence-electron chi connectivity index (χ3n) is 3.28. The molecule has 2 heteroatoms. The second kappa shape index (κ2) is 4.73. The van der Waals surface area contributed by atoms with Crippen molar-refractivity contribution >= 4 is 0 Å². The lowest BCUT2D eigenvalue weighted by Gasteiger charge is -2.11. The summed E-state index contributed by atoms with van der Waals surface area (Å²) in [5.74, 6) is 1.43. The molecule has 0 saturated carbocycles. The van der Waals surface area contributed by atoms with Gasteiger partial charge in [-0.25, -0.2) is 0 Å². The molecule has 0 aliphatic heterocycles. The molecule has 0 saturated heterocycles. The van der Waals surface area contributed by atoms with E-state index in [-0.39, 0.29) is 5.75 Å². The molecule has 0 radical (unpaired) electrons. The highest BCUT2D eigenvalue weighted by Crippen LogP contribution is 2.33. The molecule has 0 fully saturated rings. The number of hydrogen-bond donors (Lipinski definition) is 1. The quantitative estimate of drug-likeness (QED) is 0.844. The topological polar surface area (TPSA) is 29.5 Å². The van der Waals surface area contributed by atoms with Gasteiger partial charge in [-0.1, -0.05) is 6.07 Å². The summed E-state index contributed by atoms with van der Waals surface area (Å²) in [6.07, 6.45) is 0. The summed E-state index contributed by atoms with van der Waals surface area (Å²) in [4.78, 5) is 0. The molecular weight excluding hydrogens is 224 g/mol. The maximum atomic E-state index is 9.88. The Morgan fingerprint density at radius 3 is 2.06 bits per heavy atom.